The van der Waals surface area contributed by atoms with E-state index in [1.165, 1.54) is 31.1 Å². The fraction of sp³-hybridized carbons (Fsp3) is 0.545. The van der Waals surface area contributed by atoms with Gasteiger partial charge in [0.05, 0.1) is 6.54 Å². The van der Waals surface area contributed by atoms with Crippen LogP contribution in [0.5, 0.6) is 0 Å². The van der Waals surface area contributed by atoms with Crippen molar-refractivity contribution in [1.82, 2.24) is 20.1 Å². The van der Waals surface area contributed by atoms with Gasteiger partial charge in [0.15, 0.2) is 5.69 Å². The first-order valence-electron chi connectivity index (χ1n) is 10.6. The lowest BCUT2D eigenvalue weighted by molar-refractivity contribution is 0.0922. The molecule has 1 amide bonds. The van der Waals surface area contributed by atoms with Gasteiger partial charge in [-0.1, -0.05) is 49.1 Å². The minimum Gasteiger partial charge on any atom is -0.447 e. The molecule has 2 heterocycles. The van der Waals surface area contributed by atoms with E-state index in [-0.39, 0.29) is 11.9 Å². The van der Waals surface area contributed by atoms with Crippen molar-refractivity contribution in [1.29, 1.82) is 0 Å². The van der Waals surface area contributed by atoms with Crippen LogP contribution in [0.25, 0.3) is 0 Å². The van der Waals surface area contributed by atoms with E-state index in [0.29, 0.717) is 18.1 Å². The maximum absolute atomic E-state index is 12.4. The third-order valence-corrected chi connectivity index (χ3v) is 6.27. The van der Waals surface area contributed by atoms with Crippen LogP contribution in [0, 0.1) is 0 Å². The molecule has 4 rings (SSSR count). The second-order valence-electron chi connectivity index (χ2n) is 8.08. The van der Waals surface area contributed by atoms with E-state index in [1.807, 2.05) is 18.2 Å². The minimum absolute atomic E-state index is 0.114. The number of hydrogen-bond donors (Lipinski definition) is 1. The first-order valence-corrected chi connectivity index (χ1v) is 11.0. The summed E-state index contributed by atoms with van der Waals surface area (Å²) in [6, 6.07) is 8.30. The third kappa shape index (κ3) is 5.59. The molecule has 7 heteroatoms. The van der Waals surface area contributed by atoms with E-state index >= 15 is 0 Å². The van der Waals surface area contributed by atoms with Gasteiger partial charge in [-0.25, -0.2) is 4.98 Å². The largest absolute Gasteiger partial charge is 0.447 e. The molecule has 1 aromatic carbocycles. The van der Waals surface area contributed by atoms with Crippen molar-refractivity contribution in [3.63, 3.8) is 0 Å². The molecule has 2 aromatic rings. The highest BCUT2D eigenvalue weighted by atomic mass is 35.5. The van der Waals surface area contributed by atoms with Gasteiger partial charge in [0, 0.05) is 43.8 Å². The molecule has 0 spiro atoms. The van der Waals surface area contributed by atoms with E-state index in [4.69, 9.17) is 16.0 Å². The first kappa shape index (κ1) is 20.4. The van der Waals surface area contributed by atoms with Gasteiger partial charge in [-0.3, -0.25) is 14.6 Å². The molecular weight excluding hydrogens is 388 g/mol. The molecule has 1 saturated carbocycles. The molecule has 1 aliphatic heterocycles. The molecule has 2 fully saturated rings. The van der Waals surface area contributed by atoms with Crippen LogP contribution in [0.4, 0.5) is 0 Å². The molecule has 0 radical (unpaired) electrons. The van der Waals surface area contributed by atoms with E-state index < -0.39 is 0 Å². The SMILES string of the molecule is O=C(NC1CCCCC1)c1coc(CN2CCN(Cc3ccccc3Cl)CC2)n1. The Morgan fingerprint density at radius 3 is 2.48 bits per heavy atom. The molecule has 2 aliphatic rings. The van der Waals surface area contributed by atoms with Crippen molar-refractivity contribution >= 4 is 17.5 Å². The number of piperazine rings is 1. The van der Waals surface area contributed by atoms with Gasteiger partial charge < -0.3 is 9.73 Å². The molecular formula is C22H29ClN4O2. The van der Waals surface area contributed by atoms with E-state index in [2.05, 4.69) is 26.2 Å². The number of hydrogen-bond acceptors (Lipinski definition) is 5. The molecule has 0 atom stereocenters. The lowest BCUT2D eigenvalue weighted by Gasteiger charge is -2.34. The smallest absolute Gasteiger partial charge is 0.273 e. The fourth-order valence-corrected chi connectivity index (χ4v) is 4.35. The number of carbonyl (C=O) groups is 1. The number of nitrogens with one attached hydrogen (secondary N) is 1. The maximum Gasteiger partial charge on any atom is 0.273 e. The predicted octanol–water partition coefficient (Wildman–Crippen LogP) is 3.71. The van der Waals surface area contributed by atoms with Crippen LogP contribution in [0.2, 0.25) is 5.02 Å². The zero-order valence-electron chi connectivity index (χ0n) is 16.8. The highest BCUT2D eigenvalue weighted by Crippen LogP contribution is 2.19. The first-order chi connectivity index (χ1) is 14.2. The Hall–Kier alpha value is -1.89. The van der Waals surface area contributed by atoms with Crippen molar-refractivity contribution in [2.45, 2.75) is 51.2 Å². The van der Waals surface area contributed by atoms with Crippen LogP contribution in [0.15, 0.2) is 34.9 Å². The van der Waals surface area contributed by atoms with Gasteiger partial charge in [-0.15, -0.1) is 0 Å². The predicted molar refractivity (Wildman–Crippen MR) is 113 cm³/mol. The summed E-state index contributed by atoms with van der Waals surface area (Å²) in [4.78, 5) is 21.5. The molecule has 1 N–H and O–H groups in total. The van der Waals surface area contributed by atoms with Gasteiger partial charge in [-0.2, -0.15) is 0 Å². The monoisotopic (exact) mass is 416 g/mol. The number of rotatable bonds is 6. The van der Waals surface area contributed by atoms with Crippen LogP contribution < -0.4 is 5.32 Å². The molecule has 156 valence electrons. The second-order valence-corrected chi connectivity index (χ2v) is 8.49. The van der Waals surface area contributed by atoms with E-state index in [0.717, 1.165) is 50.6 Å². The highest BCUT2D eigenvalue weighted by molar-refractivity contribution is 6.31. The zero-order valence-corrected chi connectivity index (χ0v) is 17.5. The Bertz CT molecular complexity index is 811. The molecule has 1 saturated heterocycles. The van der Waals surface area contributed by atoms with Gasteiger partial charge in [-0.05, 0) is 24.5 Å². The summed E-state index contributed by atoms with van der Waals surface area (Å²) in [6.07, 6.45) is 7.27. The summed E-state index contributed by atoms with van der Waals surface area (Å²) in [5.74, 6) is 0.495. The topological polar surface area (TPSA) is 61.6 Å². The Morgan fingerprint density at radius 2 is 1.76 bits per heavy atom. The fourth-order valence-electron chi connectivity index (χ4n) is 4.16. The average Bonchev–Trinajstić information content (AvgIpc) is 3.21. The lowest BCUT2D eigenvalue weighted by Crippen LogP contribution is -2.45. The van der Waals surface area contributed by atoms with Gasteiger partial charge >= 0.3 is 0 Å². The lowest BCUT2D eigenvalue weighted by atomic mass is 9.95. The maximum atomic E-state index is 12.4. The summed E-state index contributed by atoms with van der Waals surface area (Å²) in [5, 5.41) is 3.92. The highest BCUT2D eigenvalue weighted by Gasteiger charge is 2.22. The Balaban J connectivity index is 1.23. The van der Waals surface area contributed by atoms with Crippen molar-refractivity contribution in [3.05, 3.63) is 52.7 Å². The van der Waals surface area contributed by atoms with Crippen LogP contribution in [-0.2, 0) is 13.1 Å². The van der Waals surface area contributed by atoms with Crippen LogP contribution in [0.1, 0.15) is 54.0 Å². The number of nitrogens with zero attached hydrogens (tertiary/aromatic N) is 3. The molecule has 6 nitrogen and oxygen atoms in total. The number of halogens is 1. The molecule has 1 aromatic heterocycles. The van der Waals surface area contributed by atoms with Crippen LogP contribution >= 0.6 is 11.6 Å². The van der Waals surface area contributed by atoms with E-state index in [1.54, 1.807) is 0 Å². The van der Waals surface area contributed by atoms with Crippen molar-refractivity contribution in [2.75, 3.05) is 26.2 Å². The molecule has 0 unspecified atom stereocenters. The average molecular weight is 417 g/mol. The number of aromatic nitrogens is 1. The van der Waals surface area contributed by atoms with Gasteiger partial charge in [0.2, 0.25) is 5.89 Å². The van der Waals surface area contributed by atoms with Gasteiger partial charge in [0.1, 0.15) is 6.26 Å². The zero-order chi connectivity index (χ0) is 20.1. The molecule has 29 heavy (non-hydrogen) atoms. The van der Waals surface area contributed by atoms with Crippen molar-refractivity contribution in [3.8, 4) is 0 Å². The Morgan fingerprint density at radius 1 is 1.07 bits per heavy atom. The molecule has 0 bridgehead atoms. The summed E-state index contributed by atoms with van der Waals surface area (Å²) < 4.78 is 5.57. The quantitative estimate of drug-likeness (QED) is 0.777. The minimum atomic E-state index is -0.114. The third-order valence-electron chi connectivity index (χ3n) is 5.90. The van der Waals surface area contributed by atoms with Crippen molar-refractivity contribution in [2.24, 2.45) is 0 Å². The summed E-state index contributed by atoms with van der Waals surface area (Å²) >= 11 is 6.28. The van der Waals surface area contributed by atoms with Crippen molar-refractivity contribution < 1.29 is 9.21 Å². The van der Waals surface area contributed by atoms with E-state index in [9.17, 15) is 4.79 Å². The van der Waals surface area contributed by atoms with Gasteiger partial charge in [0.25, 0.3) is 5.91 Å². The number of benzene rings is 1. The second kappa shape index (κ2) is 9.74. The van der Waals surface area contributed by atoms with Crippen LogP contribution in [-0.4, -0.2) is 52.9 Å². The van der Waals surface area contributed by atoms with Crippen LogP contribution in [0.3, 0.4) is 0 Å². The Labute approximate surface area is 177 Å². The normalized spacial score (nSPS) is 19.3. The summed E-state index contributed by atoms with van der Waals surface area (Å²) in [6.45, 7) is 5.34. The number of oxazole rings is 1. The molecule has 1 aliphatic carbocycles. The number of amides is 1. The Kier molecular flexibility index (Phi) is 6.85. The standard InChI is InChI=1S/C22H29ClN4O2/c23-19-9-5-4-6-17(19)14-26-10-12-27(13-11-26)15-21-25-20(16-29-21)22(28)24-18-7-2-1-3-8-18/h4-6,9,16,18H,1-3,7-8,10-15H2,(H,24,28). The summed E-state index contributed by atoms with van der Waals surface area (Å²) in [5.41, 5.74) is 1.56. The number of carbonyl (C=O) groups excluding carboxylic acids is 1. The summed E-state index contributed by atoms with van der Waals surface area (Å²) in [7, 11) is 0.